The number of amidine groups is 1. The molecule has 1 aliphatic heterocycles. The zero-order valence-corrected chi connectivity index (χ0v) is 16.3. The summed E-state index contributed by atoms with van der Waals surface area (Å²) in [5.41, 5.74) is 8.06. The molecule has 1 heterocycles. The smallest absolute Gasteiger partial charge is 0.247 e. The first-order chi connectivity index (χ1) is 13.5. The minimum Gasteiger partial charge on any atom is -0.497 e. The summed E-state index contributed by atoms with van der Waals surface area (Å²) >= 11 is 1.05. The maximum atomic E-state index is 12.7. The van der Waals surface area contributed by atoms with Crippen LogP contribution in [0.15, 0.2) is 64.8 Å². The van der Waals surface area contributed by atoms with E-state index in [0.717, 1.165) is 17.3 Å². The van der Waals surface area contributed by atoms with Crippen molar-refractivity contribution in [1.29, 1.82) is 0 Å². The van der Waals surface area contributed by atoms with Crippen LogP contribution in [0.3, 0.4) is 0 Å². The van der Waals surface area contributed by atoms with Gasteiger partial charge in [0.05, 0.1) is 18.5 Å². The fraction of sp³-hybridized carbons (Fsp3) is 0.200. The number of methoxy groups -OCH3 is 1. The Balaban J connectivity index is 1.69. The summed E-state index contributed by atoms with van der Waals surface area (Å²) in [5.74, 6) is 0.0586. The SMILES string of the molecule is COc1ccc(N2C(=O)C[C@@H](SC(N)=NN=C(C)c3ccccc3)C2=O)cc1. The van der Waals surface area contributed by atoms with Crippen LogP contribution in [0.1, 0.15) is 18.9 Å². The lowest BCUT2D eigenvalue weighted by Gasteiger charge is -2.15. The standard InChI is InChI=1S/C20H20N4O3S/c1-13(14-6-4-3-5-7-14)22-23-20(21)28-17-12-18(25)24(19(17)26)15-8-10-16(27-2)11-9-15/h3-11,17H,12H2,1-2H3,(H2,21,23)/t17-/m1/s1. The highest BCUT2D eigenvalue weighted by Gasteiger charge is 2.40. The summed E-state index contributed by atoms with van der Waals surface area (Å²) < 4.78 is 5.10. The van der Waals surface area contributed by atoms with E-state index in [-0.39, 0.29) is 23.4 Å². The first-order valence-electron chi connectivity index (χ1n) is 8.60. The maximum Gasteiger partial charge on any atom is 0.247 e. The fourth-order valence-electron chi connectivity index (χ4n) is 2.73. The van der Waals surface area contributed by atoms with Crippen molar-refractivity contribution in [1.82, 2.24) is 0 Å². The summed E-state index contributed by atoms with van der Waals surface area (Å²) in [6.07, 6.45) is 0.0626. The van der Waals surface area contributed by atoms with Crippen molar-refractivity contribution in [3.05, 3.63) is 60.2 Å². The molecule has 0 unspecified atom stereocenters. The summed E-state index contributed by atoms with van der Waals surface area (Å²) in [6.45, 7) is 1.83. The number of hydrogen-bond acceptors (Lipinski definition) is 6. The number of anilines is 1. The number of benzene rings is 2. The molecule has 3 rings (SSSR count). The van der Waals surface area contributed by atoms with Crippen molar-refractivity contribution < 1.29 is 14.3 Å². The third-order valence-corrected chi connectivity index (χ3v) is 5.16. The molecule has 1 atom stereocenters. The Morgan fingerprint density at radius 3 is 2.43 bits per heavy atom. The van der Waals surface area contributed by atoms with Gasteiger partial charge in [-0.15, -0.1) is 5.10 Å². The number of carbonyl (C=O) groups is 2. The summed E-state index contributed by atoms with van der Waals surface area (Å²) in [5, 5.41) is 7.62. The van der Waals surface area contributed by atoms with Gasteiger partial charge >= 0.3 is 0 Å². The molecule has 1 fully saturated rings. The largest absolute Gasteiger partial charge is 0.497 e. The van der Waals surface area contributed by atoms with Gasteiger partial charge in [0.15, 0.2) is 5.17 Å². The quantitative estimate of drug-likeness (QED) is 0.363. The monoisotopic (exact) mass is 396 g/mol. The lowest BCUT2D eigenvalue weighted by Crippen LogP contribution is -2.31. The van der Waals surface area contributed by atoms with Crippen molar-refractivity contribution >= 4 is 40.1 Å². The van der Waals surface area contributed by atoms with E-state index in [1.165, 1.54) is 4.90 Å². The molecule has 7 nitrogen and oxygen atoms in total. The van der Waals surface area contributed by atoms with Crippen molar-refractivity contribution in [3.63, 3.8) is 0 Å². The second-order valence-electron chi connectivity index (χ2n) is 6.07. The normalized spacial score (nSPS) is 17.9. The molecular formula is C20H20N4O3S. The van der Waals surface area contributed by atoms with Crippen LogP contribution in [0.5, 0.6) is 5.75 Å². The number of imide groups is 1. The fourth-order valence-corrected chi connectivity index (χ4v) is 3.54. The number of nitrogens with zero attached hydrogens (tertiary/aromatic N) is 3. The van der Waals surface area contributed by atoms with Crippen LogP contribution in [0.4, 0.5) is 5.69 Å². The van der Waals surface area contributed by atoms with E-state index < -0.39 is 5.25 Å². The summed E-state index contributed by atoms with van der Waals surface area (Å²) in [4.78, 5) is 26.2. The van der Waals surface area contributed by atoms with Crippen molar-refractivity contribution in [2.45, 2.75) is 18.6 Å². The first kappa shape index (κ1) is 19.6. The Morgan fingerprint density at radius 1 is 1.11 bits per heavy atom. The predicted molar refractivity (Wildman–Crippen MR) is 112 cm³/mol. The molecule has 2 amide bonds. The van der Waals surface area contributed by atoms with Crippen LogP contribution in [0, 0.1) is 0 Å². The molecule has 8 heteroatoms. The molecule has 0 aromatic heterocycles. The van der Waals surface area contributed by atoms with Crippen molar-refractivity contribution in [2.24, 2.45) is 15.9 Å². The highest BCUT2D eigenvalue weighted by Crippen LogP contribution is 2.30. The Hall–Kier alpha value is -3.13. The number of hydrogen-bond donors (Lipinski definition) is 1. The number of thioether (sulfide) groups is 1. The molecule has 0 aliphatic carbocycles. The van der Waals surface area contributed by atoms with Crippen LogP contribution in [0.2, 0.25) is 0 Å². The van der Waals surface area contributed by atoms with Crippen LogP contribution < -0.4 is 15.4 Å². The molecule has 2 N–H and O–H groups in total. The lowest BCUT2D eigenvalue weighted by atomic mass is 10.1. The minimum absolute atomic E-state index is 0.0626. The third-order valence-electron chi connectivity index (χ3n) is 4.19. The molecule has 144 valence electrons. The number of nitrogens with two attached hydrogens (primary N) is 1. The number of rotatable bonds is 5. The Labute approximate surface area is 167 Å². The van der Waals surface area contributed by atoms with Gasteiger partial charge < -0.3 is 10.5 Å². The molecule has 1 aliphatic rings. The zero-order chi connectivity index (χ0) is 20.1. The van der Waals surface area contributed by atoms with Gasteiger partial charge in [0.1, 0.15) is 11.0 Å². The second kappa shape index (κ2) is 8.71. The average molecular weight is 396 g/mol. The second-order valence-corrected chi connectivity index (χ2v) is 7.29. The van der Waals surface area contributed by atoms with Crippen LogP contribution in [-0.4, -0.2) is 35.1 Å². The van der Waals surface area contributed by atoms with Gasteiger partial charge in [-0.1, -0.05) is 42.1 Å². The molecule has 28 heavy (non-hydrogen) atoms. The van der Waals surface area contributed by atoms with Crippen molar-refractivity contribution in [2.75, 3.05) is 12.0 Å². The van der Waals surface area contributed by atoms with E-state index in [0.29, 0.717) is 17.1 Å². The van der Waals surface area contributed by atoms with Gasteiger partial charge in [-0.05, 0) is 36.8 Å². The van der Waals surface area contributed by atoms with Gasteiger partial charge in [-0.2, -0.15) is 5.10 Å². The number of ether oxygens (including phenoxy) is 1. The summed E-state index contributed by atoms with van der Waals surface area (Å²) in [6, 6.07) is 16.3. The van der Waals surface area contributed by atoms with Gasteiger partial charge in [0.2, 0.25) is 11.8 Å². The highest BCUT2D eigenvalue weighted by atomic mass is 32.2. The Morgan fingerprint density at radius 2 is 1.79 bits per heavy atom. The predicted octanol–water partition coefficient (Wildman–Crippen LogP) is 2.80. The maximum absolute atomic E-state index is 12.7. The van der Waals surface area contributed by atoms with Gasteiger partial charge in [-0.25, -0.2) is 4.90 Å². The molecule has 0 bridgehead atoms. The molecule has 1 saturated heterocycles. The van der Waals surface area contributed by atoms with Gasteiger partial charge in [-0.3, -0.25) is 9.59 Å². The van der Waals surface area contributed by atoms with Gasteiger partial charge in [0.25, 0.3) is 0 Å². The van der Waals surface area contributed by atoms with E-state index in [1.807, 2.05) is 37.3 Å². The number of amides is 2. The Kier molecular flexibility index (Phi) is 6.10. The lowest BCUT2D eigenvalue weighted by molar-refractivity contribution is -0.121. The summed E-state index contributed by atoms with van der Waals surface area (Å²) in [7, 11) is 1.55. The molecule has 2 aromatic carbocycles. The zero-order valence-electron chi connectivity index (χ0n) is 15.5. The van der Waals surface area contributed by atoms with Crippen molar-refractivity contribution in [3.8, 4) is 5.75 Å². The van der Waals surface area contributed by atoms with Crippen LogP contribution >= 0.6 is 11.8 Å². The first-order valence-corrected chi connectivity index (χ1v) is 9.48. The van der Waals surface area contributed by atoms with E-state index >= 15 is 0 Å². The minimum atomic E-state index is -0.620. The van der Waals surface area contributed by atoms with Gasteiger partial charge in [0, 0.05) is 6.42 Å². The van der Waals surface area contributed by atoms with E-state index in [9.17, 15) is 9.59 Å². The highest BCUT2D eigenvalue weighted by molar-refractivity contribution is 8.14. The topological polar surface area (TPSA) is 97.3 Å². The number of carbonyl (C=O) groups excluding carboxylic acids is 2. The molecule has 0 saturated carbocycles. The molecule has 0 radical (unpaired) electrons. The van der Waals surface area contributed by atoms with E-state index in [4.69, 9.17) is 10.5 Å². The average Bonchev–Trinajstić information content (AvgIpc) is 2.99. The Bertz CT molecular complexity index is 926. The molecule has 0 spiro atoms. The molecular weight excluding hydrogens is 376 g/mol. The third kappa shape index (κ3) is 4.40. The van der Waals surface area contributed by atoms with Crippen LogP contribution in [0.25, 0.3) is 0 Å². The molecule has 2 aromatic rings. The van der Waals surface area contributed by atoms with Crippen LogP contribution in [-0.2, 0) is 9.59 Å². The van der Waals surface area contributed by atoms with E-state index in [1.54, 1.807) is 31.4 Å². The van der Waals surface area contributed by atoms with E-state index in [2.05, 4.69) is 10.2 Å².